The average Bonchev–Trinajstić information content (AvgIpc) is 3.62. The number of likely N-dealkylation sites (tertiary alicyclic amines) is 1. The lowest BCUT2D eigenvalue weighted by molar-refractivity contribution is -0.168. The minimum absolute atomic E-state index is 0.0657. The van der Waals surface area contributed by atoms with Crippen molar-refractivity contribution in [2.75, 3.05) is 13.7 Å². The number of aromatic nitrogens is 3. The van der Waals surface area contributed by atoms with E-state index in [4.69, 9.17) is 9.47 Å². The van der Waals surface area contributed by atoms with Gasteiger partial charge in [0.05, 0.1) is 19.7 Å². The fourth-order valence-electron chi connectivity index (χ4n) is 5.30. The zero-order valence-electron chi connectivity index (χ0n) is 23.7. The fraction of sp³-hybridized carbons (Fsp3) is 0.517. The van der Waals surface area contributed by atoms with Crippen molar-refractivity contribution < 1.29 is 24.2 Å². The van der Waals surface area contributed by atoms with Crippen LogP contribution in [0.4, 0.5) is 0 Å². The first-order chi connectivity index (χ1) is 18.3. The van der Waals surface area contributed by atoms with Crippen LogP contribution in [0.15, 0.2) is 48.2 Å². The molecule has 210 valence electrons. The maximum atomic E-state index is 14.6. The summed E-state index contributed by atoms with van der Waals surface area (Å²) in [4.78, 5) is 34.8. The van der Waals surface area contributed by atoms with Gasteiger partial charge in [-0.2, -0.15) is 5.10 Å². The van der Waals surface area contributed by atoms with Crippen LogP contribution in [0.5, 0.6) is 5.75 Å². The molecule has 3 heterocycles. The number of nitrogens with zero attached hydrogens (tertiary/aromatic N) is 4. The molecule has 4 rings (SSSR count). The van der Waals surface area contributed by atoms with E-state index in [1.807, 2.05) is 11.4 Å². The van der Waals surface area contributed by atoms with E-state index < -0.39 is 29.1 Å². The Balaban J connectivity index is 1.92. The average molecular weight is 555 g/mol. The summed E-state index contributed by atoms with van der Waals surface area (Å²) in [5.41, 5.74) is -1.12. The molecule has 1 aromatic carbocycles. The molecule has 9 nitrogen and oxygen atoms in total. The van der Waals surface area contributed by atoms with E-state index in [2.05, 4.69) is 30.9 Å². The molecule has 0 bridgehead atoms. The van der Waals surface area contributed by atoms with Crippen LogP contribution in [0.25, 0.3) is 0 Å². The number of esters is 1. The van der Waals surface area contributed by atoms with Crippen LogP contribution in [0, 0.1) is 5.92 Å². The molecular weight excluding hydrogens is 516 g/mol. The molecule has 0 radical (unpaired) electrons. The van der Waals surface area contributed by atoms with Crippen LogP contribution >= 0.6 is 11.3 Å². The molecule has 0 saturated carbocycles. The normalized spacial score (nSPS) is 21.7. The number of hydrogen-bond acceptors (Lipinski definition) is 8. The van der Waals surface area contributed by atoms with E-state index in [1.165, 1.54) is 11.3 Å². The fourth-order valence-corrected chi connectivity index (χ4v) is 6.12. The zero-order valence-corrected chi connectivity index (χ0v) is 24.5. The van der Waals surface area contributed by atoms with Crippen LogP contribution < -0.4 is 4.74 Å². The van der Waals surface area contributed by atoms with Gasteiger partial charge >= 0.3 is 5.97 Å². The van der Waals surface area contributed by atoms with Crippen LogP contribution in [0.1, 0.15) is 74.9 Å². The zero-order chi connectivity index (χ0) is 28.6. The Morgan fingerprint density at radius 1 is 1.18 bits per heavy atom. The van der Waals surface area contributed by atoms with Crippen molar-refractivity contribution in [3.8, 4) is 5.75 Å². The summed E-state index contributed by atoms with van der Waals surface area (Å²) in [5, 5.41) is 17.4. The number of carbonyl (C=O) groups excluding carboxylic acids is 2. The van der Waals surface area contributed by atoms with Crippen molar-refractivity contribution in [3.05, 3.63) is 64.4 Å². The molecule has 39 heavy (non-hydrogen) atoms. The Morgan fingerprint density at radius 2 is 1.92 bits per heavy atom. The molecule has 1 fully saturated rings. The van der Waals surface area contributed by atoms with Crippen molar-refractivity contribution in [1.29, 1.82) is 0 Å². The van der Waals surface area contributed by atoms with Gasteiger partial charge in [0, 0.05) is 42.1 Å². The van der Waals surface area contributed by atoms with Gasteiger partial charge in [0.25, 0.3) is 5.91 Å². The van der Waals surface area contributed by atoms with Crippen LogP contribution in [0.3, 0.4) is 0 Å². The van der Waals surface area contributed by atoms with Crippen LogP contribution in [-0.4, -0.2) is 61.5 Å². The number of benzene rings is 1. The number of aliphatic hydroxyl groups excluding tert-OH is 1. The first kappa shape index (κ1) is 28.8. The molecule has 10 heteroatoms. The quantitative estimate of drug-likeness (QED) is 0.425. The van der Waals surface area contributed by atoms with Crippen molar-refractivity contribution in [3.63, 3.8) is 0 Å². The molecule has 1 amide bonds. The largest absolute Gasteiger partial charge is 0.496 e. The highest BCUT2D eigenvalue weighted by atomic mass is 32.1. The number of thiazole rings is 1. The van der Waals surface area contributed by atoms with Gasteiger partial charge in [-0.1, -0.05) is 26.8 Å². The van der Waals surface area contributed by atoms with Crippen molar-refractivity contribution >= 4 is 23.2 Å². The molecule has 0 spiro atoms. The first-order valence-corrected chi connectivity index (χ1v) is 13.9. The molecule has 1 aliphatic rings. The molecule has 1 saturated heterocycles. The number of rotatable bonds is 7. The van der Waals surface area contributed by atoms with Gasteiger partial charge in [-0.25, -0.2) is 9.78 Å². The summed E-state index contributed by atoms with van der Waals surface area (Å²) in [6.07, 6.45) is 5.23. The minimum Gasteiger partial charge on any atom is -0.496 e. The lowest BCUT2D eigenvalue weighted by atomic mass is 9.85. The van der Waals surface area contributed by atoms with Gasteiger partial charge in [0.15, 0.2) is 5.54 Å². The summed E-state index contributed by atoms with van der Waals surface area (Å²) in [7, 11) is 1.58. The van der Waals surface area contributed by atoms with E-state index in [9.17, 15) is 14.7 Å². The van der Waals surface area contributed by atoms with Crippen LogP contribution in [-0.2, 0) is 21.5 Å². The van der Waals surface area contributed by atoms with E-state index >= 15 is 0 Å². The van der Waals surface area contributed by atoms with E-state index in [1.54, 1.807) is 74.3 Å². The number of hydrogen-bond donors (Lipinski definition) is 1. The highest BCUT2D eigenvalue weighted by Crippen LogP contribution is 2.50. The summed E-state index contributed by atoms with van der Waals surface area (Å²) < 4.78 is 13.3. The minimum atomic E-state index is -1.45. The third-order valence-electron chi connectivity index (χ3n) is 6.96. The van der Waals surface area contributed by atoms with Crippen molar-refractivity contribution in [1.82, 2.24) is 19.7 Å². The second-order valence-corrected chi connectivity index (χ2v) is 13.0. The molecular formula is C29H38N4O5S. The van der Waals surface area contributed by atoms with Crippen LogP contribution in [0.2, 0.25) is 0 Å². The second-order valence-electron chi connectivity index (χ2n) is 12.0. The number of aliphatic hydroxyl groups is 1. The Labute approximate surface area is 233 Å². The number of methoxy groups -OCH3 is 1. The molecule has 1 aliphatic heterocycles. The van der Waals surface area contributed by atoms with Crippen molar-refractivity contribution in [2.45, 2.75) is 77.1 Å². The van der Waals surface area contributed by atoms with Gasteiger partial charge in [-0.05, 0) is 56.4 Å². The summed E-state index contributed by atoms with van der Waals surface area (Å²) >= 11 is 1.39. The Bertz CT molecular complexity index is 1290. The van der Waals surface area contributed by atoms with Gasteiger partial charge in [-0.3, -0.25) is 9.48 Å². The second kappa shape index (κ2) is 10.7. The third-order valence-corrected chi connectivity index (χ3v) is 7.81. The van der Waals surface area contributed by atoms with Gasteiger partial charge in [-0.15, -0.1) is 11.3 Å². The summed E-state index contributed by atoms with van der Waals surface area (Å²) in [6, 6.07) is 6.51. The van der Waals surface area contributed by atoms with Gasteiger partial charge in [0.2, 0.25) is 0 Å². The highest BCUT2D eigenvalue weighted by molar-refractivity contribution is 7.09. The monoisotopic (exact) mass is 554 g/mol. The standard InChI is InChI=1S/C29H38N4O5S/c1-27(2,3)21-10-9-19(15-22(21)37-7)25(35)33-23(24-30-12-14-39-24)20(17-34)16-29(33,18-32-13-8-11-31-32)26(36)38-28(4,5)6/h8-15,20,23,34H,16-18H2,1-7H3/t20-,23-,29-/m1/s1. The first-order valence-electron chi connectivity index (χ1n) is 13.0. The predicted molar refractivity (Wildman–Crippen MR) is 149 cm³/mol. The van der Waals surface area contributed by atoms with E-state index in [0.717, 1.165) is 5.56 Å². The van der Waals surface area contributed by atoms with Gasteiger partial charge in [0.1, 0.15) is 16.4 Å². The molecule has 3 atom stereocenters. The maximum Gasteiger partial charge on any atom is 0.334 e. The lowest BCUT2D eigenvalue weighted by Crippen LogP contribution is -2.58. The molecule has 0 aliphatic carbocycles. The molecule has 0 unspecified atom stereocenters. The lowest BCUT2D eigenvalue weighted by Gasteiger charge is -2.40. The van der Waals surface area contributed by atoms with Crippen molar-refractivity contribution in [2.24, 2.45) is 5.92 Å². The molecule has 2 aromatic heterocycles. The third kappa shape index (κ3) is 5.72. The number of ether oxygens (including phenoxy) is 2. The van der Waals surface area contributed by atoms with E-state index in [-0.39, 0.29) is 30.9 Å². The number of carbonyl (C=O) groups is 2. The Hall–Kier alpha value is -3.24. The maximum absolute atomic E-state index is 14.6. The summed E-state index contributed by atoms with van der Waals surface area (Å²) in [6.45, 7) is 11.5. The SMILES string of the molecule is COc1cc(C(=O)N2[C@@H](c3nccs3)[C@@H](CO)C[C@@]2(Cn2cccn2)C(=O)OC(C)(C)C)ccc1C(C)(C)C. The van der Waals surface area contributed by atoms with E-state index in [0.29, 0.717) is 16.3 Å². The number of amides is 1. The molecule has 1 N–H and O–H groups in total. The molecule has 3 aromatic rings. The Morgan fingerprint density at radius 3 is 2.46 bits per heavy atom. The topological polar surface area (TPSA) is 107 Å². The van der Waals surface area contributed by atoms with Gasteiger partial charge < -0.3 is 19.5 Å². The Kier molecular flexibility index (Phi) is 7.91. The smallest absolute Gasteiger partial charge is 0.334 e. The predicted octanol–water partition coefficient (Wildman–Crippen LogP) is 4.62. The summed E-state index contributed by atoms with van der Waals surface area (Å²) in [5.74, 6) is -0.775. The highest BCUT2D eigenvalue weighted by Gasteiger charge is 2.61.